The van der Waals surface area contributed by atoms with E-state index in [9.17, 15) is 0 Å². The lowest BCUT2D eigenvalue weighted by atomic mass is 9.89. The lowest BCUT2D eigenvalue weighted by molar-refractivity contribution is 1.01. The van der Waals surface area contributed by atoms with Crippen molar-refractivity contribution >= 4 is 22.6 Å². The highest BCUT2D eigenvalue weighted by atomic mass is 127. The predicted octanol–water partition coefficient (Wildman–Crippen LogP) is 3.11. The van der Waals surface area contributed by atoms with Gasteiger partial charge in [-0.2, -0.15) is 0 Å². The zero-order valence-electron chi connectivity index (χ0n) is 7.68. The summed E-state index contributed by atoms with van der Waals surface area (Å²) in [6.07, 6.45) is 4.32. The van der Waals surface area contributed by atoms with Gasteiger partial charge in [0.1, 0.15) is 0 Å². The number of benzene rings is 1. The van der Waals surface area contributed by atoms with Crippen molar-refractivity contribution in [1.29, 1.82) is 0 Å². The molecule has 1 N–H and O–H groups in total. The Morgan fingerprint density at radius 2 is 1.71 bits per heavy atom. The van der Waals surface area contributed by atoms with Gasteiger partial charge in [-0.05, 0) is 51.3 Å². The van der Waals surface area contributed by atoms with Gasteiger partial charge in [-0.25, -0.2) is 0 Å². The Morgan fingerprint density at radius 3 is 2.50 bits per heavy atom. The summed E-state index contributed by atoms with van der Waals surface area (Å²) >= 11 is 2.38. The van der Waals surface area contributed by atoms with Gasteiger partial charge in [-0.15, -0.1) is 0 Å². The van der Waals surface area contributed by atoms with Crippen LogP contribution in [0.5, 0.6) is 0 Å². The number of rotatable bonds is 0. The molecule has 2 aromatic rings. The Labute approximate surface area is 96.7 Å². The second-order valence-corrected chi connectivity index (χ2v) is 4.81. The maximum Gasteiger partial charge on any atom is 0.0810 e. The van der Waals surface area contributed by atoms with Gasteiger partial charge in [0.25, 0.3) is 0 Å². The third kappa shape index (κ3) is 1.21. The molecule has 0 radical (unpaired) electrons. The molecule has 0 bridgehead atoms. The Morgan fingerprint density at radius 1 is 1.00 bits per heavy atom. The molecule has 0 aliphatic heterocycles. The zero-order valence-corrected chi connectivity index (χ0v) is 9.84. The number of halogens is 1. The van der Waals surface area contributed by atoms with E-state index in [-0.39, 0.29) is 0 Å². The van der Waals surface area contributed by atoms with Crippen molar-refractivity contribution in [1.82, 2.24) is 4.98 Å². The Bertz CT molecular complexity index is 485. The van der Waals surface area contributed by atoms with Crippen LogP contribution < -0.4 is 0 Å². The van der Waals surface area contributed by atoms with Gasteiger partial charge < -0.3 is 4.98 Å². The van der Waals surface area contributed by atoms with E-state index < -0.39 is 0 Å². The molecule has 1 nitrogen and oxygen atoms in total. The van der Waals surface area contributed by atoms with Crippen LogP contribution in [0.2, 0.25) is 0 Å². The lowest BCUT2D eigenvalue weighted by Gasteiger charge is -2.16. The van der Waals surface area contributed by atoms with Crippen molar-refractivity contribution in [2.75, 3.05) is 0 Å². The Hall–Kier alpha value is -0.770. The van der Waals surface area contributed by atoms with E-state index in [4.69, 9.17) is 0 Å². The van der Waals surface area contributed by atoms with Gasteiger partial charge in [0, 0.05) is 12.6 Å². The van der Waals surface area contributed by atoms with E-state index in [0.717, 1.165) is 12.8 Å². The van der Waals surface area contributed by atoms with Crippen LogP contribution in [0.4, 0.5) is 0 Å². The normalized spacial score (nSPS) is 13.5. The average Bonchev–Trinajstić information content (AvgIpc) is 2.57. The fraction of sp³-hybridized carbons (Fsp3) is 0.167. The molecule has 0 saturated heterocycles. The van der Waals surface area contributed by atoms with E-state index in [2.05, 4.69) is 58.0 Å². The molecule has 0 saturated carbocycles. The van der Waals surface area contributed by atoms with Crippen molar-refractivity contribution < 1.29 is 0 Å². The standard InChI is InChI=1S/C12H10IN/c13-12-11-6-9-4-2-1-3-8(9)5-10(11)7-14-12/h1-4,7,14H,5-6H2. The van der Waals surface area contributed by atoms with Gasteiger partial charge in [-0.3, -0.25) is 0 Å². The molecule has 70 valence electrons. The van der Waals surface area contributed by atoms with E-state index in [1.807, 2.05) is 0 Å². The quantitative estimate of drug-likeness (QED) is 0.613. The molecule has 1 aromatic carbocycles. The summed E-state index contributed by atoms with van der Waals surface area (Å²) in [5.41, 5.74) is 5.92. The number of nitrogens with one attached hydrogen (secondary N) is 1. The molecule has 0 fully saturated rings. The number of H-pyrrole nitrogens is 1. The molecule has 0 unspecified atom stereocenters. The summed E-state index contributed by atoms with van der Waals surface area (Å²) in [6.45, 7) is 0. The lowest BCUT2D eigenvalue weighted by Crippen LogP contribution is -2.05. The van der Waals surface area contributed by atoms with E-state index >= 15 is 0 Å². The highest BCUT2D eigenvalue weighted by Crippen LogP contribution is 2.29. The maximum atomic E-state index is 3.30. The molecular weight excluding hydrogens is 285 g/mol. The maximum absolute atomic E-state index is 3.30. The van der Waals surface area contributed by atoms with Crippen LogP contribution in [0.25, 0.3) is 0 Å². The fourth-order valence-corrected chi connectivity index (χ4v) is 2.81. The van der Waals surface area contributed by atoms with Gasteiger partial charge in [0.05, 0.1) is 3.70 Å². The summed E-state index contributed by atoms with van der Waals surface area (Å²) in [4.78, 5) is 3.30. The smallest absolute Gasteiger partial charge is 0.0810 e. The van der Waals surface area contributed by atoms with Crippen LogP contribution in [0.15, 0.2) is 30.5 Å². The minimum Gasteiger partial charge on any atom is -0.356 e. The first-order valence-electron chi connectivity index (χ1n) is 4.76. The molecule has 0 spiro atoms. The highest BCUT2D eigenvalue weighted by Gasteiger charge is 2.17. The molecule has 1 aliphatic carbocycles. The van der Waals surface area contributed by atoms with Crippen LogP contribution in [0, 0.1) is 3.70 Å². The van der Waals surface area contributed by atoms with Crippen LogP contribution in [0.1, 0.15) is 22.3 Å². The van der Waals surface area contributed by atoms with Crippen molar-refractivity contribution in [3.8, 4) is 0 Å². The second kappa shape index (κ2) is 3.12. The Balaban J connectivity index is 2.14. The molecule has 1 aromatic heterocycles. The topological polar surface area (TPSA) is 15.8 Å². The zero-order chi connectivity index (χ0) is 9.54. The van der Waals surface area contributed by atoms with Gasteiger partial charge in [-0.1, -0.05) is 24.3 Å². The average molecular weight is 295 g/mol. The number of hydrogen-bond donors (Lipinski definition) is 1. The Kier molecular flexibility index (Phi) is 1.90. The van der Waals surface area contributed by atoms with E-state index in [0.29, 0.717) is 0 Å². The molecule has 0 amide bonds. The number of aromatic nitrogens is 1. The molecule has 14 heavy (non-hydrogen) atoms. The van der Waals surface area contributed by atoms with Crippen LogP contribution >= 0.6 is 22.6 Å². The summed E-state index contributed by atoms with van der Waals surface area (Å²) in [7, 11) is 0. The number of fused-ring (bicyclic) bond motifs is 2. The largest absolute Gasteiger partial charge is 0.356 e. The molecule has 2 heteroatoms. The fourth-order valence-electron chi connectivity index (χ4n) is 2.11. The third-order valence-electron chi connectivity index (χ3n) is 2.89. The van der Waals surface area contributed by atoms with Crippen molar-refractivity contribution in [3.05, 3.63) is 56.4 Å². The predicted molar refractivity (Wildman–Crippen MR) is 65.6 cm³/mol. The van der Waals surface area contributed by atoms with Crippen molar-refractivity contribution in [2.45, 2.75) is 12.8 Å². The summed E-state index contributed by atoms with van der Waals surface area (Å²) < 4.78 is 1.30. The minimum absolute atomic E-state index is 1.09. The molecule has 0 atom stereocenters. The molecular formula is C12H10IN. The summed E-state index contributed by atoms with van der Waals surface area (Å²) in [5, 5.41) is 0. The van der Waals surface area contributed by atoms with Gasteiger partial charge in [0.15, 0.2) is 0 Å². The number of hydrogen-bond acceptors (Lipinski definition) is 0. The first-order chi connectivity index (χ1) is 6.84. The first-order valence-corrected chi connectivity index (χ1v) is 5.84. The molecule has 1 aliphatic rings. The van der Waals surface area contributed by atoms with Gasteiger partial charge >= 0.3 is 0 Å². The first kappa shape index (κ1) is 8.53. The van der Waals surface area contributed by atoms with E-state index in [1.54, 1.807) is 0 Å². The monoisotopic (exact) mass is 295 g/mol. The third-order valence-corrected chi connectivity index (χ3v) is 3.85. The van der Waals surface area contributed by atoms with Gasteiger partial charge in [0.2, 0.25) is 0 Å². The number of aromatic amines is 1. The molecule has 3 rings (SSSR count). The summed E-state index contributed by atoms with van der Waals surface area (Å²) in [6, 6.07) is 8.73. The minimum atomic E-state index is 1.09. The highest BCUT2D eigenvalue weighted by molar-refractivity contribution is 14.1. The van der Waals surface area contributed by atoms with Crippen LogP contribution in [0.3, 0.4) is 0 Å². The van der Waals surface area contributed by atoms with Crippen LogP contribution in [-0.2, 0) is 12.8 Å². The van der Waals surface area contributed by atoms with Crippen molar-refractivity contribution in [3.63, 3.8) is 0 Å². The summed E-state index contributed by atoms with van der Waals surface area (Å²) in [5.74, 6) is 0. The molecule has 1 heterocycles. The van der Waals surface area contributed by atoms with E-state index in [1.165, 1.54) is 26.0 Å². The van der Waals surface area contributed by atoms with Crippen molar-refractivity contribution in [2.24, 2.45) is 0 Å². The second-order valence-electron chi connectivity index (χ2n) is 3.73. The van der Waals surface area contributed by atoms with Crippen LogP contribution in [-0.4, -0.2) is 4.98 Å². The SMILES string of the molecule is Ic1[nH]cc2c1Cc1ccccc1C2.